The number of rotatable bonds is 0. The molecule has 0 aromatic heterocycles. The van der Waals surface area contributed by atoms with Gasteiger partial charge in [0.2, 0.25) is 0 Å². The van der Waals surface area contributed by atoms with E-state index in [0.717, 1.165) is 0 Å². The van der Waals surface area contributed by atoms with Crippen LogP contribution in [0.3, 0.4) is 0 Å². The highest BCUT2D eigenvalue weighted by atomic mass is 14.5. The molecular formula is C42H26. The third-order valence-electron chi connectivity index (χ3n) is 11.0. The second-order valence-corrected chi connectivity index (χ2v) is 12.6. The maximum atomic E-state index is 2.52. The van der Waals surface area contributed by atoms with E-state index < -0.39 is 0 Å². The summed E-state index contributed by atoms with van der Waals surface area (Å²) in [5, 5.41) is 5.56. The zero-order chi connectivity index (χ0) is 27.1. The quantitative estimate of drug-likeness (QED) is 0.171. The average molecular weight is 531 g/mol. The van der Waals surface area contributed by atoms with Crippen LogP contribution in [0.15, 0.2) is 133 Å². The monoisotopic (exact) mass is 530 g/mol. The van der Waals surface area contributed by atoms with Crippen LogP contribution in [0.5, 0.6) is 0 Å². The zero-order valence-corrected chi connectivity index (χ0v) is 23.0. The van der Waals surface area contributed by atoms with Crippen LogP contribution in [0, 0.1) is 0 Å². The molecule has 6 aliphatic carbocycles. The molecule has 7 aromatic rings. The molecule has 4 bridgehead atoms. The molecule has 0 atom stereocenters. The summed E-state index contributed by atoms with van der Waals surface area (Å²) in [4.78, 5) is 0. The zero-order valence-electron chi connectivity index (χ0n) is 23.0. The van der Waals surface area contributed by atoms with Gasteiger partial charge in [-0.05, 0) is 100 Å². The van der Waals surface area contributed by atoms with Gasteiger partial charge in [-0.2, -0.15) is 0 Å². The minimum Gasteiger partial charge on any atom is -0.0619 e. The van der Waals surface area contributed by atoms with Crippen LogP contribution in [0.2, 0.25) is 0 Å². The molecular weight excluding hydrogens is 504 g/mol. The molecule has 0 saturated heterocycles. The molecule has 0 heterocycles. The largest absolute Gasteiger partial charge is 0.0619 e. The van der Waals surface area contributed by atoms with Crippen molar-refractivity contribution < 1.29 is 0 Å². The van der Waals surface area contributed by atoms with Crippen molar-refractivity contribution in [3.05, 3.63) is 200 Å². The third kappa shape index (κ3) is 2.40. The van der Waals surface area contributed by atoms with Gasteiger partial charge in [0, 0.05) is 23.7 Å². The predicted octanol–water partition coefficient (Wildman–Crippen LogP) is 9.97. The summed E-state index contributed by atoms with van der Waals surface area (Å²) >= 11 is 0. The number of hydrogen-bond acceptors (Lipinski definition) is 0. The Hall–Kier alpha value is -4.94. The van der Waals surface area contributed by atoms with Crippen molar-refractivity contribution in [1.29, 1.82) is 0 Å². The topological polar surface area (TPSA) is 0 Å². The summed E-state index contributed by atoms with van der Waals surface area (Å²) in [6.45, 7) is 0. The lowest BCUT2D eigenvalue weighted by Gasteiger charge is -2.50. The maximum Gasteiger partial charge on any atom is 0.0355 e. The Morgan fingerprint density at radius 1 is 0.262 bits per heavy atom. The van der Waals surface area contributed by atoms with Gasteiger partial charge >= 0.3 is 0 Å². The average Bonchev–Trinajstić information content (AvgIpc) is 3.07. The molecule has 0 amide bonds. The molecule has 0 aliphatic heterocycles. The Kier molecular flexibility index (Phi) is 3.87. The van der Waals surface area contributed by atoms with Gasteiger partial charge in [-0.3, -0.25) is 0 Å². The van der Waals surface area contributed by atoms with Crippen molar-refractivity contribution >= 4 is 21.5 Å². The van der Waals surface area contributed by atoms with Gasteiger partial charge in [-0.1, -0.05) is 121 Å². The molecule has 0 N–H and O–H groups in total. The molecule has 0 fully saturated rings. The highest BCUT2D eigenvalue weighted by molar-refractivity contribution is 6.05. The fourth-order valence-corrected chi connectivity index (χ4v) is 9.57. The van der Waals surface area contributed by atoms with Crippen LogP contribution in [0.4, 0.5) is 0 Å². The van der Waals surface area contributed by atoms with Crippen molar-refractivity contribution in [3.63, 3.8) is 0 Å². The van der Waals surface area contributed by atoms with Crippen LogP contribution in [-0.2, 0) is 0 Å². The van der Waals surface area contributed by atoms with Crippen LogP contribution in [0.1, 0.15) is 90.4 Å². The first-order chi connectivity index (χ1) is 20.9. The van der Waals surface area contributed by atoms with Crippen molar-refractivity contribution in [2.75, 3.05) is 0 Å². The molecule has 0 radical (unpaired) electrons. The predicted molar refractivity (Wildman–Crippen MR) is 171 cm³/mol. The molecule has 0 unspecified atom stereocenters. The standard InChI is InChI=1S/C42H26/c1-2-12-24-22-34-33(21-23(24)11-1)39-35-25-13-3-7-17-29(25)37(30-18-8-4-14-26(30)35)41(39)42-38-31-19-9-5-15-27(31)36(40(34)42)28-16-6-10-20-32(28)38/h1-22,35-38H. The van der Waals surface area contributed by atoms with E-state index in [2.05, 4.69) is 133 Å². The second kappa shape index (κ2) is 7.46. The van der Waals surface area contributed by atoms with Gasteiger partial charge in [0.1, 0.15) is 0 Å². The summed E-state index contributed by atoms with van der Waals surface area (Å²) in [6, 6.07) is 51.2. The summed E-state index contributed by atoms with van der Waals surface area (Å²) in [6.07, 6.45) is 0. The van der Waals surface area contributed by atoms with Crippen molar-refractivity contribution in [2.24, 2.45) is 0 Å². The van der Waals surface area contributed by atoms with E-state index in [1.165, 1.54) is 66.1 Å². The van der Waals surface area contributed by atoms with Crippen LogP contribution in [0.25, 0.3) is 21.5 Å². The number of benzene rings is 7. The molecule has 0 heteroatoms. The van der Waals surface area contributed by atoms with E-state index >= 15 is 0 Å². The molecule has 0 nitrogen and oxygen atoms in total. The Morgan fingerprint density at radius 3 is 0.786 bits per heavy atom. The van der Waals surface area contributed by atoms with E-state index in [4.69, 9.17) is 0 Å². The van der Waals surface area contributed by atoms with Crippen molar-refractivity contribution in [1.82, 2.24) is 0 Å². The van der Waals surface area contributed by atoms with Crippen molar-refractivity contribution in [2.45, 2.75) is 23.7 Å². The summed E-state index contributed by atoms with van der Waals surface area (Å²) in [7, 11) is 0. The molecule has 6 aliphatic rings. The van der Waals surface area contributed by atoms with E-state index in [0.29, 0.717) is 0 Å². The van der Waals surface area contributed by atoms with Crippen LogP contribution >= 0.6 is 0 Å². The maximum absolute atomic E-state index is 2.52. The van der Waals surface area contributed by atoms with Gasteiger partial charge in [-0.25, -0.2) is 0 Å². The summed E-state index contributed by atoms with van der Waals surface area (Å²) in [5.41, 5.74) is 18.3. The Balaban J connectivity index is 1.39. The molecule has 0 saturated carbocycles. The van der Waals surface area contributed by atoms with E-state index in [1.807, 2.05) is 0 Å². The van der Waals surface area contributed by atoms with Gasteiger partial charge in [0.15, 0.2) is 0 Å². The molecule has 13 rings (SSSR count). The number of hydrogen-bond donors (Lipinski definition) is 0. The second-order valence-electron chi connectivity index (χ2n) is 12.6. The normalized spacial score (nSPS) is 21.3. The lowest BCUT2D eigenvalue weighted by Crippen LogP contribution is -2.34. The lowest BCUT2D eigenvalue weighted by atomic mass is 9.53. The van der Waals surface area contributed by atoms with E-state index in [9.17, 15) is 0 Å². The van der Waals surface area contributed by atoms with E-state index in [-0.39, 0.29) is 23.7 Å². The van der Waals surface area contributed by atoms with Gasteiger partial charge < -0.3 is 0 Å². The fourth-order valence-electron chi connectivity index (χ4n) is 9.57. The minimum absolute atomic E-state index is 0.248. The Bertz CT molecular complexity index is 2080. The number of fused-ring (bicyclic) bond motifs is 2. The lowest BCUT2D eigenvalue weighted by molar-refractivity contribution is 0.702. The first-order valence-electron chi connectivity index (χ1n) is 15.3. The molecule has 42 heavy (non-hydrogen) atoms. The van der Waals surface area contributed by atoms with Crippen LogP contribution < -0.4 is 0 Å². The molecule has 7 aromatic carbocycles. The van der Waals surface area contributed by atoms with Crippen molar-refractivity contribution in [3.8, 4) is 0 Å². The minimum atomic E-state index is 0.248. The Morgan fingerprint density at radius 2 is 0.500 bits per heavy atom. The smallest absolute Gasteiger partial charge is 0.0355 e. The SMILES string of the molecule is c1ccc2c(c1)C1c3ccccc3C2c2c1c1c(c3cc4ccccc4cc23)C2c3ccccc3C1c1ccccc12. The molecule has 194 valence electrons. The Labute approximate surface area is 244 Å². The van der Waals surface area contributed by atoms with Gasteiger partial charge in [0.25, 0.3) is 0 Å². The highest BCUT2D eigenvalue weighted by Crippen LogP contribution is 2.65. The van der Waals surface area contributed by atoms with Crippen LogP contribution in [-0.4, -0.2) is 0 Å². The fraction of sp³-hybridized carbons (Fsp3) is 0.0952. The molecule has 0 spiro atoms. The third-order valence-corrected chi connectivity index (χ3v) is 11.0. The summed E-state index contributed by atoms with van der Waals surface area (Å²) < 4.78 is 0. The van der Waals surface area contributed by atoms with Gasteiger partial charge in [-0.15, -0.1) is 0 Å². The van der Waals surface area contributed by atoms with E-state index in [1.54, 1.807) is 22.3 Å². The van der Waals surface area contributed by atoms with Gasteiger partial charge in [0.05, 0.1) is 0 Å². The first kappa shape index (κ1) is 21.8. The first-order valence-corrected chi connectivity index (χ1v) is 15.3. The summed E-state index contributed by atoms with van der Waals surface area (Å²) in [5.74, 6) is 0.996. The highest BCUT2D eigenvalue weighted by Gasteiger charge is 2.50.